The molecule has 1 aromatic carbocycles. The van der Waals surface area contributed by atoms with Crippen molar-refractivity contribution in [2.45, 2.75) is 0 Å². The second-order valence-corrected chi connectivity index (χ2v) is 3.98. The quantitative estimate of drug-likeness (QED) is 0.395. The van der Waals surface area contributed by atoms with Crippen LogP contribution in [0.3, 0.4) is 0 Å². The fraction of sp³-hybridized carbons (Fsp3) is 0. The van der Waals surface area contributed by atoms with E-state index in [1.807, 2.05) is 53.5 Å². The molecule has 0 unspecified atom stereocenters. The van der Waals surface area contributed by atoms with E-state index in [0.29, 0.717) is 0 Å². The lowest BCUT2D eigenvalue weighted by molar-refractivity contribution is 0.716. The second kappa shape index (κ2) is 9.10. The Kier molecular flexibility index (Phi) is 7.01. The van der Waals surface area contributed by atoms with E-state index in [-0.39, 0.29) is 0 Å². The molecule has 0 spiro atoms. The lowest BCUT2D eigenvalue weighted by Gasteiger charge is -2.23. The van der Waals surface area contributed by atoms with Gasteiger partial charge in [0.15, 0.2) is 0 Å². The monoisotopic (exact) mass is 276 g/mol. The topological polar surface area (TPSA) is 15.6 Å². The van der Waals surface area contributed by atoms with E-state index in [9.17, 15) is 0 Å². The van der Waals surface area contributed by atoms with Crippen LogP contribution in [0, 0.1) is 0 Å². The van der Waals surface area contributed by atoms with Gasteiger partial charge in [-0.05, 0) is 12.2 Å². The first-order chi connectivity index (χ1) is 10.3. The van der Waals surface area contributed by atoms with Gasteiger partial charge in [-0.25, -0.2) is 4.99 Å². The molecule has 0 aliphatic heterocycles. The normalized spacial score (nSPS) is 12.0. The first kappa shape index (κ1) is 16.2. The number of benzene rings is 1. The fourth-order valence-electron chi connectivity index (χ4n) is 1.77. The van der Waals surface area contributed by atoms with Gasteiger partial charge in [0, 0.05) is 23.7 Å². The van der Waals surface area contributed by atoms with Gasteiger partial charge in [0.25, 0.3) is 0 Å². The van der Waals surface area contributed by atoms with E-state index in [2.05, 4.69) is 31.3 Å². The first-order valence-corrected chi connectivity index (χ1v) is 6.56. The van der Waals surface area contributed by atoms with Gasteiger partial charge >= 0.3 is 0 Å². The predicted molar refractivity (Wildman–Crippen MR) is 92.8 cm³/mol. The van der Waals surface area contributed by atoms with Crippen LogP contribution < -0.4 is 0 Å². The highest BCUT2D eigenvalue weighted by Crippen LogP contribution is 2.15. The molecular formula is C19H20N2. The molecule has 0 amide bonds. The summed E-state index contributed by atoms with van der Waals surface area (Å²) in [7, 11) is 0. The summed E-state index contributed by atoms with van der Waals surface area (Å²) >= 11 is 0. The first-order valence-electron chi connectivity index (χ1n) is 6.56. The van der Waals surface area contributed by atoms with Gasteiger partial charge in [-0.15, -0.1) is 0 Å². The van der Waals surface area contributed by atoms with Crippen LogP contribution in [0.2, 0.25) is 0 Å². The maximum atomic E-state index is 4.38. The van der Waals surface area contributed by atoms with Crippen molar-refractivity contribution in [3.05, 3.63) is 111 Å². The minimum Gasteiger partial charge on any atom is -0.302 e. The van der Waals surface area contributed by atoms with Crippen molar-refractivity contribution in [3.63, 3.8) is 0 Å². The lowest BCUT2D eigenvalue weighted by atomic mass is 10.1. The van der Waals surface area contributed by atoms with Gasteiger partial charge in [-0.2, -0.15) is 0 Å². The lowest BCUT2D eigenvalue weighted by Crippen LogP contribution is -2.25. The molecule has 0 aliphatic rings. The molecule has 0 bridgehead atoms. The number of aliphatic imine (C=N–C) groups is 1. The summed E-state index contributed by atoms with van der Waals surface area (Å²) in [5, 5.41) is 0. The molecule has 106 valence electrons. The van der Waals surface area contributed by atoms with Crippen molar-refractivity contribution in [2.75, 3.05) is 0 Å². The van der Waals surface area contributed by atoms with Crippen LogP contribution >= 0.6 is 0 Å². The molecule has 1 rings (SSSR count). The Bertz CT molecular complexity index is 589. The maximum Gasteiger partial charge on any atom is 0.144 e. The predicted octanol–water partition coefficient (Wildman–Crippen LogP) is 4.83. The molecule has 0 aliphatic carbocycles. The van der Waals surface area contributed by atoms with E-state index < -0.39 is 0 Å². The second-order valence-electron chi connectivity index (χ2n) is 3.98. The molecule has 21 heavy (non-hydrogen) atoms. The average Bonchev–Trinajstić information content (AvgIpc) is 2.53. The van der Waals surface area contributed by atoms with Crippen LogP contribution in [0.25, 0.3) is 0 Å². The van der Waals surface area contributed by atoms with E-state index in [0.717, 1.165) is 17.1 Å². The molecule has 0 fully saturated rings. The number of amidine groups is 1. The third-order valence-electron chi connectivity index (χ3n) is 2.63. The fourth-order valence-corrected chi connectivity index (χ4v) is 1.77. The van der Waals surface area contributed by atoms with E-state index in [4.69, 9.17) is 0 Å². The van der Waals surface area contributed by atoms with Gasteiger partial charge in [-0.3, -0.25) is 0 Å². The third-order valence-corrected chi connectivity index (χ3v) is 2.63. The molecule has 0 atom stereocenters. The molecule has 2 nitrogen and oxygen atoms in total. The van der Waals surface area contributed by atoms with Gasteiger partial charge < -0.3 is 4.90 Å². The standard InChI is InChI=1S/C19H20N2/c1-5-9-16-18(13-6-2)21(8-4)19(20-7-3)17-14-11-10-12-15-17/h5-16H,1-4H2/b16-9-,18-13+,20-19-. The summed E-state index contributed by atoms with van der Waals surface area (Å²) in [4.78, 5) is 6.25. The molecule has 0 aromatic heterocycles. The molecule has 0 N–H and O–H groups in total. The van der Waals surface area contributed by atoms with Crippen molar-refractivity contribution in [1.29, 1.82) is 0 Å². The summed E-state index contributed by atoms with van der Waals surface area (Å²) in [6.45, 7) is 15.0. The van der Waals surface area contributed by atoms with E-state index >= 15 is 0 Å². The Morgan fingerprint density at radius 3 is 2.24 bits per heavy atom. The van der Waals surface area contributed by atoms with Crippen molar-refractivity contribution < 1.29 is 0 Å². The minimum atomic E-state index is 0.738. The van der Waals surface area contributed by atoms with Gasteiger partial charge in [-0.1, -0.05) is 74.9 Å². The molecular weight excluding hydrogens is 256 g/mol. The van der Waals surface area contributed by atoms with Crippen molar-refractivity contribution in [3.8, 4) is 0 Å². The Hall–Kier alpha value is -2.87. The van der Waals surface area contributed by atoms with Gasteiger partial charge in [0.1, 0.15) is 5.84 Å². The Labute approximate surface area is 127 Å². The highest BCUT2D eigenvalue weighted by atomic mass is 15.2. The van der Waals surface area contributed by atoms with E-state index in [1.54, 1.807) is 18.4 Å². The summed E-state index contributed by atoms with van der Waals surface area (Å²) in [5.74, 6) is 0.738. The van der Waals surface area contributed by atoms with Crippen molar-refractivity contribution >= 4 is 5.84 Å². The van der Waals surface area contributed by atoms with Crippen molar-refractivity contribution in [2.24, 2.45) is 4.99 Å². The van der Waals surface area contributed by atoms with E-state index in [1.165, 1.54) is 6.20 Å². The molecule has 1 aromatic rings. The minimum absolute atomic E-state index is 0.738. The SMILES string of the molecule is C=C/C=C\C(=C/C=C)N(C=C)/C(=N\C=C)c1ccccc1. The Balaban J connectivity index is 3.34. The molecule has 0 heterocycles. The van der Waals surface area contributed by atoms with Crippen LogP contribution in [0.15, 0.2) is 110 Å². The zero-order valence-electron chi connectivity index (χ0n) is 12.2. The summed E-state index contributed by atoms with van der Waals surface area (Å²) in [6, 6.07) is 9.87. The van der Waals surface area contributed by atoms with Crippen LogP contribution in [0.4, 0.5) is 0 Å². The Morgan fingerprint density at radius 1 is 1.00 bits per heavy atom. The molecule has 0 saturated heterocycles. The zero-order valence-corrected chi connectivity index (χ0v) is 12.2. The van der Waals surface area contributed by atoms with Crippen LogP contribution in [-0.2, 0) is 0 Å². The highest BCUT2D eigenvalue weighted by molar-refractivity contribution is 6.01. The molecule has 0 radical (unpaired) electrons. The smallest absolute Gasteiger partial charge is 0.144 e. The Morgan fingerprint density at radius 2 is 1.71 bits per heavy atom. The van der Waals surface area contributed by atoms with Crippen molar-refractivity contribution in [1.82, 2.24) is 4.90 Å². The largest absolute Gasteiger partial charge is 0.302 e. The maximum absolute atomic E-state index is 4.38. The van der Waals surface area contributed by atoms with Gasteiger partial charge in [0.2, 0.25) is 0 Å². The number of nitrogens with zero attached hydrogens (tertiary/aromatic N) is 2. The van der Waals surface area contributed by atoms with Crippen LogP contribution in [0.1, 0.15) is 5.56 Å². The molecule has 2 heteroatoms. The highest BCUT2D eigenvalue weighted by Gasteiger charge is 2.12. The number of hydrogen-bond acceptors (Lipinski definition) is 1. The number of rotatable bonds is 7. The summed E-state index contributed by atoms with van der Waals surface area (Å²) in [6.07, 6.45) is 12.3. The third kappa shape index (κ3) is 4.62. The summed E-state index contributed by atoms with van der Waals surface area (Å²) in [5.41, 5.74) is 1.85. The zero-order chi connectivity index (χ0) is 15.5. The van der Waals surface area contributed by atoms with Gasteiger partial charge in [0.05, 0.1) is 0 Å². The van der Waals surface area contributed by atoms with Crippen LogP contribution in [0.5, 0.6) is 0 Å². The van der Waals surface area contributed by atoms with Crippen LogP contribution in [-0.4, -0.2) is 10.7 Å². The number of allylic oxidation sites excluding steroid dienone is 5. The average molecular weight is 276 g/mol. The number of hydrogen-bond donors (Lipinski definition) is 0. The summed E-state index contributed by atoms with van der Waals surface area (Å²) < 4.78 is 0. The molecule has 0 saturated carbocycles.